The number of hydrogen-bond acceptors (Lipinski definition) is 3. The number of fused-ring (bicyclic) bond motifs is 18. The van der Waals surface area contributed by atoms with Crippen molar-refractivity contribution in [2.45, 2.75) is 5.41 Å². The van der Waals surface area contributed by atoms with Crippen LogP contribution in [0.1, 0.15) is 22.3 Å². The lowest BCUT2D eigenvalue weighted by molar-refractivity contribution is 0.668. The molecule has 288 valence electrons. The Bertz CT molecular complexity index is 3790. The van der Waals surface area contributed by atoms with E-state index in [0.717, 1.165) is 82.8 Å². The van der Waals surface area contributed by atoms with Crippen molar-refractivity contribution in [1.29, 1.82) is 0 Å². The zero-order valence-corrected chi connectivity index (χ0v) is 33.5. The lowest BCUT2D eigenvalue weighted by Gasteiger charge is -2.32. The van der Waals surface area contributed by atoms with E-state index in [9.17, 15) is 0 Å². The summed E-state index contributed by atoms with van der Waals surface area (Å²) < 4.78 is 13.3. The van der Waals surface area contributed by atoms with E-state index in [0.29, 0.717) is 0 Å². The Morgan fingerprint density at radius 1 is 0.323 bits per heavy atom. The van der Waals surface area contributed by atoms with E-state index in [1.165, 1.54) is 44.5 Å². The zero-order valence-electron chi connectivity index (χ0n) is 33.5. The van der Waals surface area contributed by atoms with Gasteiger partial charge >= 0.3 is 0 Å². The van der Waals surface area contributed by atoms with Gasteiger partial charge in [0.2, 0.25) is 0 Å². The number of furan rings is 2. The van der Waals surface area contributed by atoms with Gasteiger partial charge in [-0.25, -0.2) is 0 Å². The van der Waals surface area contributed by atoms with Crippen LogP contribution in [0, 0.1) is 0 Å². The molecular formula is C59H35NO2. The maximum Gasteiger partial charge on any atom is 0.143 e. The van der Waals surface area contributed by atoms with Crippen LogP contribution in [0.25, 0.3) is 88.0 Å². The summed E-state index contributed by atoms with van der Waals surface area (Å²) in [5, 5.41) is 6.56. The molecule has 14 rings (SSSR count). The average Bonchev–Trinajstić information content (AvgIpc) is 4.07. The van der Waals surface area contributed by atoms with Crippen LogP contribution in [0.2, 0.25) is 0 Å². The molecular weight excluding hydrogens is 755 g/mol. The minimum atomic E-state index is -0.452. The predicted octanol–water partition coefficient (Wildman–Crippen LogP) is 16.1. The second-order valence-corrected chi connectivity index (χ2v) is 16.7. The minimum Gasteiger partial charge on any atom is -0.456 e. The van der Waals surface area contributed by atoms with E-state index >= 15 is 0 Å². The highest BCUT2D eigenvalue weighted by atomic mass is 16.3. The molecule has 12 aromatic rings. The van der Waals surface area contributed by atoms with E-state index in [2.05, 4.69) is 205 Å². The van der Waals surface area contributed by atoms with E-state index in [4.69, 9.17) is 8.83 Å². The monoisotopic (exact) mass is 789 g/mol. The molecule has 0 radical (unpaired) electrons. The van der Waals surface area contributed by atoms with E-state index in [1.54, 1.807) is 0 Å². The van der Waals surface area contributed by atoms with Crippen molar-refractivity contribution in [3.05, 3.63) is 235 Å². The molecule has 2 aliphatic rings. The first-order valence-electron chi connectivity index (χ1n) is 21.3. The molecule has 2 heterocycles. The summed E-state index contributed by atoms with van der Waals surface area (Å²) in [5.74, 6) is 0. The lowest BCUT2D eigenvalue weighted by Crippen LogP contribution is -2.26. The van der Waals surface area contributed by atoms with Crippen molar-refractivity contribution in [2.24, 2.45) is 0 Å². The Kier molecular flexibility index (Phi) is 6.76. The molecule has 0 bridgehead atoms. The maximum atomic E-state index is 7.09. The Hall–Kier alpha value is -8.14. The molecule has 10 aromatic carbocycles. The van der Waals surface area contributed by atoms with Crippen LogP contribution in [-0.4, -0.2) is 0 Å². The van der Waals surface area contributed by atoms with Crippen LogP contribution in [0.3, 0.4) is 0 Å². The van der Waals surface area contributed by atoms with Gasteiger partial charge in [-0.05, 0) is 87.0 Å². The third-order valence-electron chi connectivity index (χ3n) is 13.7. The molecule has 0 saturated heterocycles. The Labute approximate surface area is 357 Å². The fourth-order valence-corrected chi connectivity index (χ4v) is 11.2. The van der Waals surface area contributed by atoms with Crippen molar-refractivity contribution >= 4 is 71.7 Å². The largest absolute Gasteiger partial charge is 0.456 e. The van der Waals surface area contributed by atoms with Crippen molar-refractivity contribution < 1.29 is 8.83 Å². The predicted molar refractivity (Wildman–Crippen MR) is 255 cm³/mol. The summed E-state index contributed by atoms with van der Waals surface area (Å²) in [6, 6.07) is 77.3. The number of nitrogens with zero attached hydrogens (tertiary/aromatic N) is 1. The Balaban J connectivity index is 1.05. The third-order valence-corrected chi connectivity index (χ3v) is 13.7. The Morgan fingerprint density at radius 3 is 1.68 bits per heavy atom. The number of rotatable bonds is 4. The minimum absolute atomic E-state index is 0.452. The van der Waals surface area contributed by atoms with Gasteiger partial charge in [-0.15, -0.1) is 0 Å². The standard InChI is InChI=1S/C59H35NO2/c1-2-16-37(17-3-1)60(52-30-15-29-51-56(52)45-23-8-12-28-50(45)59(51)48-26-10-6-18-39(48)40-19-7-11-27-49(40)59)53-35-47-44-25-14-24-38(57(44)62-58(47)43-22-5-4-20-41(43)53)36-32-33-55-46(34-36)42-21-9-13-31-54(42)61-55/h1-35H. The van der Waals surface area contributed by atoms with Gasteiger partial charge in [0.1, 0.15) is 22.3 Å². The molecule has 0 N–H and O–H groups in total. The van der Waals surface area contributed by atoms with Gasteiger partial charge in [-0.3, -0.25) is 0 Å². The summed E-state index contributed by atoms with van der Waals surface area (Å²) in [4.78, 5) is 2.49. The normalized spacial score (nSPS) is 13.3. The molecule has 0 fully saturated rings. The van der Waals surface area contributed by atoms with Crippen LogP contribution in [0.5, 0.6) is 0 Å². The van der Waals surface area contributed by atoms with Gasteiger partial charge in [0.15, 0.2) is 0 Å². The highest BCUT2D eigenvalue weighted by Gasteiger charge is 2.52. The summed E-state index contributed by atoms with van der Waals surface area (Å²) >= 11 is 0. The fraction of sp³-hybridized carbons (Fsp3) is 0.0169. The molecule has 0 saturated carbocycles. The highest BCUT2D eigenvalue weighted by Crippen LogP contribution is 2.65. The zero-order chi connectivity index (χ0) is 40.5. The number of para-hydroxylation sites is 3. The van der Waals surface area contributed by atoms with Crippen molar-refractivity contribution in [3.8, 4) is 33.4 Å². The summed E-state index contributed by atoms with van der Waals surface area (Å²) in [7, 11) is 0. The fourth-order valence-electron chi connectivity index (χ4n) is 11.2. The van der Waals surface area contributed by atoms with Gasteiger partial charge in [0, 0.05) is 49.1 Å². The first kappa shape index (κ1) is 33.7. The summed E-state index contributed by atoms with van der Waals surface area (Å²) in [5.41, 5.74) is 19.0. The van der Waals surface area contributed by atoms with E-state index in [-0.39, 0.29) is 0 Å². The van der Waals surface area contributed by atoms with Gasteiger partial charge < -0.3 is 13.7 Å². The summed E-state index contributed by atoms with van der Waals surface area (Å²) in [6.07, 6.45) is 0. The second kappa shape index (κ2) is 12.4. The Morgan fingerprint density at radius 2 is 0.887 bits per heavy atom. The van der Waals surface area contributed by atoms with Crippen LogP contribution >= 0.6 is 0 Å². The number of hydrogen-bond donors (Lipinski definition) is 0. The van der Waals surface area contributed by atoms with Gasteiger partial charge in [0.05, 0.1) is 16.8 Å². The van der Waals surface area contributed by atoms with Gasteiger partial charge in [-0.1, -0.05) is 170 Å². The molecule has 3 heteroatoms. The number of benzene rings is 10. The van der Waals surface area contributed by atoms with Crippen molar-refractivity contribution in [3.63, 3.8) is 0 Å². The molecule has 0 aliphatic heterocycles. The molecule has 0 unspecified atom stereocenters. The average molecular weight is 790 g/mol. The second-order valence-electron chi connectivity index (χ2n) is 16.7. The van der Waals surface area contributed by atoms with Crippen LogP contribution in [0.4, 0.5) is 17.1 Å². The first-order valence-corrected chi connectivity index (χ1v) is 21.3. The highest BCUT2D eigenvalue weighted by molar-refractivity contribution is 6.22. The van der Waals surface area contributed by atoms with Gasteiger partial charge in [-0.2, -0.15) is 0 Å². The third kappa shape index (κ3) is 4.34. The first-order chi connectivity index (χ1) is 30.8. The van der Waals surface area contributed by atoms with Crippen LogP contribution in [-0.2, 0) is 5.41 Å². The SMILES string of the molecule is c1ccc(N(c2cccc3c2-c2ccccc2C32c3ccccc3-c3ccccc32)c2cc3c4cccc(-c5ccc6oc7ccccc7c6c5)c4oc3c3ccccc23)cc1. The molecule has 0 atom stereocenters. The van der Waals surface area contributed by atoms with Crippen LogP contribution in [0.15, 0.2) is 221 Å². The molecule has 3 nitrogen and oxygen atoms in total. The molecule has 62 heavy (non-hydrogen) atoms. The quantitative estimate of drug-likeness (QED) is 0.178. The van der Waals surface area contributed by atoms with Crippen molar-refractivity contribution in [2.75, 3.05) is 4.90 Å². The smallest absolute Gasteiger partial charge is 0.143 e. The lowest BCUT2D eigenvalue weighted by atomic mass is 9.70. The molecule has 2 aromatic heterocycles. The summed E-state index contributed by atoms with van der Waals surface area (Å²) in [6.45, 7) is 0. The van der Waals surface area contributed by atoms with E-state index < -0.39 is 5.41 Å². The van der Waals surface area contributed by atoms with Crippen LogP contribution < -0.4 is 4.90 Å². The maximum absolute atomic E-state index is 7.09. The van der Waals surface area contributed by atoms with Crippen molar-refractivity contribution in [1.82, 2.24) is 0 Å². The van der Waals surface area contributed by atoms with Gasteiger partial charge in [0.25, 0.3) is 0 Å². The molecule has 0 amide bonds. The van der Waals surface area contributed by atoms with E-state index in [1.807, 2.05) is 12.1 Å². The topological polar surface area (TPSA) is 29.5 Å². The molecule has 1 spiro atoms. The number of anilines is 3. The molecule has 2 aliphatic carbocycles.